The van der Waals surface area contributed by atoms with Gasteiger partial charge >= 0.3 is 0 Å². The Bertz CT molecular complexity index is 228. The van der Waals surface area contributed by atoms with Crippen LogP contribution in [0.4, 0.5) is 0 Å². The zero-order valence-corrected chi connectivity index (χ0v) is 7.05. The molecule has 1 unspecified atom stereocenters. The Morgan fingerprint density at radius 3 is 2.45 bits per heavy atom. The van der Waals surface area contributed by atoms with Gasteiger partial charge in [-0.1, -0.05) is 18.7 Å². The fraction of sp³-hybridized carbons (Fsp3) is 0.444. The Labute approximate surface area is 67.3 Å². The highest BCUT2D eigenvalue weighted by Crippen LogP contribution is 2.14. The smallest absolute Gasteiger partial charge is 0.211 e. The lowest BCUT2D eigenvalue weighted by atomic mass is 10.2. The van der Waals surface area contributed by atoms with Gasteiger partial charge in [0.2, 0.25) is 5.90 Å². The maximum absolute atomic E-state index is 5.28. The van der Waals surface area contributed by atoms with Crippen LogP contribution < -0.4 is 0 Å². The predicted molar refractivity (Wildman–Crippen MR) is 46.8 cm³/mol. The van der Waals surface area contributed by atoms with E-state index in [1.54, 1.807) is 0 Å². The summed E-state index contributed by atoms with van der Waals surface area (Å²) < 4.78 is 5.28. The second-order valence-electron chi connectivity index (χ2n) is 2.89. The molecule has 0 amide bonds. The molecule has 1 rings (SSSR count). The number of hydrogen-bond acceptors (Lipinski definition) is 2. The molecule has 1 aliphatic heterocycles. The van der Waals surface area contributed by atoms with E-state index in [4.69, 9.17) is 4.74 Å². The van der Waals surface area contributed by atoms with Crippen molar-refractivity contribution in [3.05, 3.63) is 24.3 Å². The van der Waals surface area contributed by atoms with Crippen molar-refractivity contribution < 1.29 is 4.74 Å². The molecule has 1 atom stereocenters. The van der Waals surface area contributed by atoms with E-state index in [9.17, 15) is 0 Å². The van der Waals surface area contributed by atoms with E-state index in [1.807, 2.05) is 13.8 Å². The molecule has 0 aromatic rings. The molecule has 1 heterocycles. The molecule has 2 nitrogen and oxygen atoms in total. The first-order valence-electron chi connectivity index (χ1n) is 3.63. The van der Waals surface area contributed by atoms with Crippen LogP contribution in [-0.2, 0) is 4.74 Å². The second-order valence-corrected chi connectivity index (χ2v) is 2.89. The van der Waals surface area contributed by atoms with Crippen LogP contribution >= 0.6 is 0 Å². The zero-order valence-electron chi connectivity index (χ0n) is 7.05. The van der Waals surface area contributed by atoms with Gasteiger partial charge in [0.15, 0.2) is 0 Å². The third-order valence-corrected chi connectivity index (χ3v) is 1.58. The van der Waals surface area contributed by atoms with E-state index in [2.05, 4.69) is 18.2 Å². The van der Waals surface area contributed by atoms with Gasteiger partial charge in [0.05, 0.1) is 0 Å². The minimum Gasteiger partial charge on any atom is -0.475 e. The highest BCUT2D eigenvalue weighted by Gasteiger charge is 2.18. The molecular weight excluding hydrogens is 138 g/mol. The van der Waals surface area contributed by atoms with Crippen molar-refractivity contribution >= 4 is 5.90 Å². The summed E-state index contributed by atoms with van der Waals surface area (Å²) in [5.74, 6) is 0.679. The van der Waals surface area contributed by atoms with Crippen LogP contribution in [0.5, 0.6) is 0 Å². The van der Waals surface area contributed by atoms with Gasteiger partial charge in [-0.3, -0.25) is 0 Å². The minimum absolute atomic E-state index is 0.140. The van der Waals surface area contributed by atoms with Crippen LogP contribution in [0.2, 0.25) is 0 Å². The van der Waals surface area contributed by atoms with Crippen LogP contribution in [0.1, 0.15) is 13.8 Å². The van der Waals surface area contributed by atoms with Gasteiger partial charge in [0.25, 0.3) is 0 Å². The lowest BCUT2D eigenvalue weighted by molar-refractivity contribution is 0.328. The number of hydrogen-bond donors (Lipinski definition) is 0. The van der Waals surface area contributed by atoms with Crippen molar-refractivity contribution in [3.63, 3.8) is 0 Å². The van der Waals surface area contributed by atoms with Crippen molar-refractivity contribution in [1.29, 1.82) is 0 Å². The maximum Gasteiger partial charge on any atom is 0.211 e. The summed E-state index contributed by atoms with van der Waals surface area (Å²) in [4.78, 5) is 4.28. The molecule has 60 valence electrons. The predicted octanol–water partition coefficient (Wildman–Crippen LogP) is 1.94. The average molecular weight is 151 g/mol. The van der Waals surface area contributed by atoms with Gasteiger partial charge in [0, 0.05) is 5.57 Å². The first-order chi connectivity index (χ1) is 5.11. The third-order valence-electron chi connectivity index (χ3n) is 1.58. The van der Waals surface area contributed by atoms with E-state index in [1.165, 1.54) is 0 Å². The molecule has 0 N–H and O–H groups in total. The summed E-state index contributed by atoms with van der Waals surface area (Å²) in [6.07, 6.45) is 0. The summed E-state index contributed by atoms with van der Waals surface area (Å²) in [6, 6.07) is 0.140. The summed E-state index contributed by atoms with van der Waals surface area (Å²) in [5, 5.41) is 0. The fourth-order valence-electron chi connectivity index (χ4n) is 0.860. The van der Waals surface area contributed by atoms with E-state index in [0.29, 0.717) is 12.5 Å². The number of rotatable bonds is 2. The molecular formula is C9H13NO. The van der Waals surface area contributed by atoms with Gasteiger partial charge in [0.1, 0.15) is 12.6 Å². The SMILES string of the molecule is C=C(C)C1=NC(C(=C)C)CO1. The van der Waals surface area contributed by atoms with Crippen LogP contribution in [0.15, 0.2) is 29.3 Å². The van der Waals surface area contributed by atoms with Crippen molar-refractivity contribution in [2.75, 3.05) is 6.61 Å². The molecule has 0 aliphatic carbocycles. The van der Waals surface area contributed by atoms with E-state index in [0.717, 1.165) is 11.1 Å². The highest BCUT2D eigenvalue weighted by atomic mass is 16.5. The van der Waals surface area contributed by atoms with Gasteiger partial charge in [-0.05, 0) is 13.8 Å². The minimum atomic E-state index is 0.140. The summed E-state index contributed by atoms with van der Waals surface area (Å²) >= 11 is 0. The van der Waals surface area contributed by atoms with Crippen molar-refractivity contribution in [1.82, 2.24) is 0 Å². The fourth-order valence-corrected chi connectivity index (χ4v) is 0.860. The van der Waals surface area contributed by atoms with Crippen molar-refractivity contribution in [3.8, 4) is 0 Å². The molecule has 1 aliphatic rings. The Morgan fingerprint density at radius 1 is 1.55 bits per heavy atom. The zero-order chi connectivity index (χ0) is 8.43. The molecule has 11 heavy (non-hydrogen) atoms. The molecule has 0 saturated heterocycles. The van der Waals surface area contributed by atoms with Crippen LogP contribution in [0, 0.1) is 0 Å². The molecule has 0 bridgehead atoms. The van der Waals surface area contributed by atoms with Crippen molar-refractivity contribution in [2.24, 2.45) is 4.99 Å². The van der Waals surface area contributed by atoms with E-state index in [-0.39, 0.29) is 6.04 Å². The third kappa shape index (κ3) is 1.70. The van der Waals surface area contributed by atoms with Gasteiger partial charge < -0.3 is 4.74 Å². The van der Waals surface area contributed by atoms with Gasteiger partial charge in [-0.15, -0.1) is 0 Å². The molecule has 0 saturated carbocycles. The lowest BCUT2D eigenvalue weighted by Gasteiger charge is -2.00. The van der Waals surface area contributed by atoms with Crippen LogP contribution in [0.3, 0.4) is 0 Å². The summed E-state index contributed by atoms with van der Waals surface area (Å²) in [6.45, 7) is 12.0. The lowest BCUT2D eigenvalue weighted by Crippen LogP contribution is -2.06. The Morgan fingerprint density at radius 2 is 2.18 bits per heavy atom. The normalized spacial score (nSPS) is 22.4. The maximum atomic E-state index is 5.28. The van der Waals surface area contributed by atoms with Crippen LogP contribution in [0.25, 0.3) is 0 Å². The molecule has 2 heteroatoms. The number of nitrogens with zero attached hydrogens (tertiary/aromatic N) is 1. The Balaban J connectivity index is 2.68. The summed E-state index contributed by atoms with van der Waals surface area (Å²) in [7, 11) is 0. The standard InChI is InChI=1S/C9H13NO/c1-6(2)8-5-11-9(10-8)7(3)4/h8H,1,3,5H2,2,4H3. The molecule has 0 aromatic carbocycles. The molecule has 0 aromatic heterocycles. The summed E-state index contributed by atoms with van der Waals surface area (Å²) in [5.41, 5.74) is 1.93. The monoisotopic (exact) mass is 151 g/mol. The quantitative estimate of drug-likeness (QED) is 0.553. The average Bonchev–Trinajstić information content (AvgIpc) is 2.33. The van der Waals surface area contributed by atoms with Crippen molar-refractivity contribution in [2.45, 2.75) is 19.9 Å². The van der Waals surface area contributed by atoms with Gasteiger partial charge in [-0.2, -0.15) is 0 Å². The van der Waals surface area contributed by atoms with Gasteiger partial charge in [-0.25, -0.2) is 4.99 Å². The molecule has 0 spiro atoms. The Hall–Kier alpha value is -1.05. The topological polar surface area (TPSA) is 21.6 Å². The highest BCUT2D eigenvalue weighted by molar-refractivity contribution is 5.93. The van der Waals surface area contributed by atoms with E-state index < -0.39 is 0 Å². The number of aliphatic imine (C=N–C) groups is 1. The first-order valence-corrected chi connectivity index (χ1v) is 3.63. The second kappa shape index (κ2) is 2.91. The molecule has 0 fully saturated rings. The largest absolute Gasteiger partial charge is 0.475 e. The number of ether oxygens (including phenoxy) is 1. The first kappa shape index (κ1) is 8.05. The van der Waals surface area contributed by atoms with Crippen LogP contribution in [-0.4, -0.2) is 18.5 Å². The Kier molecular flexibility index (Phi) is 2.13. The molecule has 0 radical (unpaired) electrons. The van der Waals surface area contributed by atoms with E-state index >= 15 is 0 Å².